The number of carbonyl (C=O) groups excluding carboxylic acids is 1. The molecule has 3 aromatic rings. The number of aryl methyl sites for hydroxylation is 1. The summed E-state index contributed by atoms with van der Waals surface area (Å²) in [6, 6.07) is 18.4. The Morgan fingerprint density at radius 3 is 2.76 bits per heavy atom. The molecule has 178 valence electrons. The number of carbonyl (C=O) groups is 1. The van der Waals surface area contributed by atoms with Gasteiger partial charge in [-0.05, 0) is 61.6 Å². The Labute approximate surface area is 205 Å². The third-order valence-electron chi connectivity index (χ3n) is 6.38. The summed E-state index contributed by atoms with van der Waals surface area (Å²) < 4.78 is 18.4. The first-order valence-electron chi connectivity index (χ1n) is 12.1. The van der Waals surface area contributed by atoms with Crippen molar-refractivity contribution in [1.82, 2.24) is 4.90 Å². The minimum Gasteiger partial charge on any atom is -0.487 e. The first-order chi connectivity index (χ1) is 16.7. The predicted octanol–water partition coefficient (Wildman–Crippen LogP) is 5.64. The maximum absolute atomic E-state index is 13.1. The Morgan fingerprint density at radius 2 is 2.00 bits per heavy atom. The van der Waals surface area contributed by atoms with Crippen LogP contribution in [0.1, 0.15) is 35.3 Å². The van der Waals surface area contributed by atoms with Gasteiger partial charge in [-0.2, -0.15) is 0 Å². The van der Waals surface area contributed by atoms with E-state index in [2.05, 4.69) is 31.2 Å². The third kappa shape index (κ3) is 5.45. The van der Waals surface area contributed by atoms with Crippen LogP contribution in [0.25, 0.3) is 10.4 Å². The number of amides is 1. The highest BCUT2D eigenvalue weighted by Crippen LogP contribution is 2.40. The first kappa shape index (κ1) is 22.9. The molecule has 0 spiro atoms. The third-order valence-corrected chi connectivity index (χ3v) is 7.42. The van der Waals surface area contributed by atoms with Gasteiger partial charge >= 0.3 is 0 Å². The Balaban J connectivity index is 1.41. The largest absolute Gasteiger partial charge is 0.487 e. The summed E-state index contributed by atoms with van der Waals surface area (Å²) in [7, 11) is 0. The summed E-state index contributed by atoms with van der Waals surface area (Å²) in [4.78, 5) is 17.5. The summed E-state index contributed by atoms with van der Waals surface area (Å²) >= 11 is 1.76. The molecule has 0 N–H and O–H groups in total. The Bertz CT molecular complexity index is 1120. The molecule has 0 unspecified atom stereocenters. The number of ether oxygens (including phenoxy) is 3. The number of fused-ring (bicyclic) bond motifs is 1. The molecule has 0 bridgehead atoms. The second-order valence-corrected chi connectivity index (χ2v) is 10.3. The van der Waals surface area contributed by atoms with Gasteiger partial charge in [0.15, 0.2) is 11.5 Å². The van der Waals surface area contributed by atoms with Crippen LogP contribution in [0, 0.1) is 6.92 Å². The van der Waals surface area contributed by atoms with Crippen molar-refractivity contribution in [2.24, 2.45) is 0 Å². The molecule has 2 aliphatic rings. The lowest BCUT2D eigenvalue weighted by atomic mass is 10.1. The molecule has 5 rings (SSSR count). The highest BCUT2D eigenvalue weighted by Gasteiger charge is 2.25. The molecule has 1 fully saturated rings. The molecule has 1 saturated heterocycles. The van der Waals surface area contributed by atoms with Crippen LogP contribution in [0.2, 0.25) is 0 Å². The zero-order valence-electron chi connectivity index (χ0n) is 19.6. The number of benzene rings is 2. The number of hydrogen-bond donors (Lipinski definition) is 0. The summed E-state index contributed by atoms with van der Waals surface area (Å²) in [5.74, 6) is 1.60. The maximum atomic E-state index is 13.1. The van der Waals surface area contributed by atoms with Crippen LogP contribution < -0.4 is 9.47 Å². The molecule has 1 amide bonds. The fourth-order valence-electron chi connectivity index (χ4n) is 4.54. The van der Waals surface area contributed by atoms with Crippen molar-refractivity contribution < 1.29 is 19.0 Å². The summed E-state index contributed by atoms with van der Waals surface area (Å²) in [5.41, 5.74) is 3.11. The van der Waals surface area contributed by atoms with Crippen LogP contribution >= 0.6 is 11.3 Å². The van der Waals surface area contributed by atoms with Gasteiger partial charge in [0.25, 0.3) is 0 Å². The van der Waals surface area contributed by atoms with Crippen LogP contribution in [0.4, 0.5) is 0 Å². The average Bonchev–Trinajstić information content (AvgIpc) is 3.18. The molecule has 6 heteroatoms. The Hall–Kier alpha value is -2.83. The van der Waals surface area contributed by atoms with Crippen LogP contribution in [0.3, 0.4) is 0 Å². The van der Waals surface area contributed by atoms with Gasteiger partial charge in [0, 0.05) is 28.5 Å². The maximum Gasteiger partial charge on any atom is 0.227 e. The molecular formula is C28H31NO4S. The average molecular weight is 478 g/mol. The number of thiophene rings is 1. The molecule has 0 saturated carbocycles. The summed E-state index contributed by atoms with van der Waals surface area (Å²) in [6.07, 6.45) is 3.83. The zero-order chi connectivity index (χ0) is 23.3. The monoisotopic (exact) mass is 477 g/mol. The van der Waals surface area contributed by atoms with Gasteiger partial charge < -0.3 is 19.1 Å². The SMILES string of the molecule is Cc1ccc(-c2cc3c(c(OC[C@@H]4CCCCO4)c2)OCCN(C(=O)Cc2ccccc2)C3)s1. The first-order valence-corrected chi connectivity index (χ1v) is 12.9. The predicted molar refractivity (Wildman–Crippen MR) is 135 cm³/mol. The molecule has 1 aromatic heterocycles. The fourth-order valence-corrected chi connectivity index (χ4v) is 5.39. The van der Waals surface area contributed by atoms with Crippen LogP contribution in [-0.2, 0) is 22.5 Å². The summed E-state index contributed by atoms with van der Waals surface area (Å²) in [6.45, 7) is 4.94. The van der Waals surface area contributed by atoms with Gasteiger partial charge in [0.05, 0.1) is 19.1 Å². The van der Waals surface area contributed by atoms with Crippen molar-refractivity contribution in [2.75, 3.05) is 26.4 Å². The van der Waals surface area contributed by atoms with Gasteiger partial charge in [-0.25, -0.2) is 0 Å². The zero-order valence-corrected chi connectivity index (χ0v) is 20.4. The van der Waals surface area contributed by atoms with Crippen molar-refractivity contribution in [3.63, 3.8) is 0 Å². The van der Waals surface area contributed by atoms with E-state index in [0.29, 0.717) is 32.7 Å². The highest BCUT2D eigenvalue weighted by molar-refractivity contribution is 7.15. The smallest absolute Gasteiger partial charge is 0.227 e. The fraction of sp³-hybridized carbons (Fsp3) is 0.393. The second kappa shape index (κ2) is 10.6. The van der Waals surface area contributed by atoms with E-state index in [-0.39, 0.29) is 12.0 Å². The van der Waals surface area contributed by atoms with E-state index < -0.39 is 0 Å². The lowest BCUT2D eigenvalue weighted by molar-refractivity contribution is -0.131. The Kier molecular flexibility index (Phi) is 7.16. The van der Waals surface area contributed by atoms with Crippen molar-refractivity contribution in [2.45, 2.75) is 45.3 Å². The molecule has 2 aliphatic heterocycles. The second-order valence-electron chi connectivity index (χ2n) is 9.00. The van der Waals surface area contributed by atoms with Gasteiger partial charge in [-0.3, -0.25) is 4.79 Å². The van der Waals surface area contributed by atoms with Gasteiger partial charge in [-0.1, -0.05) is 30.3 Å². The molecule has 0 aliphatic carbocycles. The van der Waals surface area contributed by atoms with Crippen molar-refractivity contribution >= 4 is 17.2 Å². The molecular weight excluding hydrogens is 446 g/mol. The molecule has 3 heterocycles. The normalized spacial score (nSPS) is 18.0. The van der Waals surface area contributed by atoms with Gasteiger partial charge in [0.2, 0.25) is 5.91 Å². The van der Waals surface area contributed by atoms with Gasteiger partial charge in [-0.15, -0.1) is 11.3 Å². The van der Waals surface area contributed by atoms with Crippen LogP contribution in [0.15, 0.2) is 54.6 Å². The van der Waals surface area contributed by atoms with Crippen molar-refractivity contribution in [3.8, 4) is 21.9 Å². The molecule has 5 nitrogen and oxygen atoms in total. The lowest BCUT2D eigenvalue weighted by Gasteiger charge is -2.24. The molecule has 34 heavy (non-hydrogen) atoms. The van der Waals surface area contributed by atoms with Gasteiger partial charge in [0.1, 0.15) is 13.2 Å². The Morgan fingerprint density at radius 1 is 1.12 bits per heavy atom. The highest BCUT2D eigenvalue weighted by atomic mass is 32.1. The minimum atomic E-state index is 0.109. The standard InChI is InChI=1S/C28H31NO4S/c1-20-10-11-26(34-20)22-16-23-18-29(27(30)15-21-7-3-2-4-8-21)12-14-32-28(23)25(17-22)33-19-24-9-5-6-13-31-24/h2-4,7-8,10-11,16-17,24H,5-6,9,12-15,18-19H2,1H3/t24-/m0/s1. The lowest BCUT2D eigenvalue weighted by Crippen LogP contribution is -2.33. The molecule has 0 radical (unpaired) electrons. The molecule has 1 atom stereocenters. The van der Waals surface area contributed by atoms with E-state index in [9.17, 15) is 4.79 Å². The van der Waals surface area contributed by atoms with E-state index in [1.807, 2.05) is 35.2 Å². The molecule has 2 aromatic carbocycles. The van der Waals surface area contributed by atoms with Crippen molar-refractivity contribution in [1.29, 1.82) is 0 Å². The van der Waals surface area contributed by atoms with E-state index in [4.69, 9.17) is 14.2 Å². The van der Waals surface area contributed by atoms with E-state index >= 15 is 0 Å². The topological polar surface area (TPSA) is 48.0 Å². The van der Waals surface area contributed by atoms with E-state index in [1.54, 1.807) is 11.3 Å². The number of nitrogens with zero attached hydrogens (tertiary/aromatic N) is 1. The van der Waals surface area contributed by atoms with Crippen LogP contribution in [-0.4, -0.2) is 43.3 Å². The quantitative estimate of drug-likeness (QED) is 0.461. The summed E-state index contributed by atoms with van der Waals surface area (Å²) in [5, 5.41) is 0. The number of hydrogen-bond acceptors (Lipinski definition) is 5. The van der Waals surface area contributed by atoms with E-state index in [1.165, 1.54) is 16.2 Å². The van der Waals surface area contributed by atoms with Crippen LogP contribution in [0.5, 0.6) is 11.5 Å². The number of rotatable bonds is 6. The van der Waals surface area contributed by atoms with Crippen molar-refractivity contribution in [3.05, 3.63) is 70.6 Å². The minimum absolute atomic E-state index is 0.109. The van der Waals surface area contributed by atoms with E-state index in [0.717, 1.165) is 47.6 Å².